The number of aryl methyl sites for hydroxylation is 1. The summed E-state index contributed by atoms with van der Waals surface area (Å²) in [4.78, 5) is 12.7. The Morgan fingerprint density at radius 1 is 1.00 bits per heavy atom. The van der Waals surface area contributed by atoms with Crippen LogP contribution in [0.1, 0.15) is 35.3 Å². The summed E-state index contributed by atoms with van der Waals surface area (Å²) in [6.07, 6.45) is 1.59. The topological polar surface area (TPSA) is 59.9 Å². The number of hydrogen-bond donors (Lipinski definition) is 1. The molecule has 0 fully saturated rings. The normalized spacial score (nSPS) is 11.0. The molecule has 5 nitrogen and oxygen atoms in total. The van der Waals surface area contributed by atoms with E-state index in [2.05, 4.69) is 10.5 Å². The monoisotopic (exact) mass is 376 g/mol. The Morgan fingerprint density at radius 3 is 2.54 bits per heavy atom. The van der Waals surface area contributed by atoms with E-state index < -0.39 is 0 Å². The second kappa shape index (κ2) is 9.04. The van der Waals surface area contributed by atoms with Crippen molar-refractivity contribution in [1.82, 2.24) is 5.43 Å². The van der Waals surface area contributed by atoms with Crippen LogP contribution in [0.4, 0.5) is 0 Å². The number of ether oxygens (including phenoxy) is 2. The Morgan fingerprint density at radius 2 is 1.75 bits per heavy atom. The van der Waals surface area contributed by atoms with E-state index in [1.54, 1.807) is 6.21 Å². The van der Waals surface area contributed by atoms with Gasteiger partial charge in [-0.25, -0.2) is 5.43 Å². The Hall–Kier alpha value is -3.34. The minimum Gasteiger partial charge on any atom is -0.490 e. The highest BCUT2D eigenvalue weighted by Gasteiger charge is 2.12. The molecule has 0 saturated carbocycles. The zero-order valence-corrected chi connectivity index (χ0v) is 16.4. The predicted molar refractivity (Wildman–Crippen MR) is 113 cm³/mol. The van der Waals surface area contributed by atoms with Crippen molar-refractivity contribution in [3.63, 3.8) is 0 Å². The highest BCUT2D eigenvalue weighted by Crippen LogP contribution is 2.28. The number of carbonyl (C=O) groups excluding carboxylic acids is 1. The van der Waals surface area contributed by atoms with E-state index in [9.17, 15) is 4.79 Å². The summed E-state index contributed by atoms with van der Waals surface area (Å²) >= 11 is 0. The molecule has 0 spiro atoms. The van der Waals surface area contributed by atoms with Crippen molar-refractivity contribution in [2.45, 2.75) is 20.8 Å². The average Bonchev–Trinajstić information content (AvgIpc) is 2.70. The van der Waals surface area contributed by atoms with Crippen LogP contribution >= 0.6 is 0 Å². The summed E-state index contributed by atoms with van der Waals surface area (Å²) in [5.41, 5.74) is 4.98. The molecule has 0 radical (unpaired) electrons. The Bertz CT molecular complexity index is 1010. The fourth-order valence-corrected chi connectivity index (χ4v) is 3.05. The van der Waals surface area contributed by atoms with Crippen LogP contribution in [0.5, 0.6) is 11.5 Å². The molecule has 0 unspecified atom stereocenters. The van der Waals surface area contributed by atoms with Crippen LogP contribution in [0.3, 0.4) is 0 Å². The number of hydrogen-bond acceptors (Lipinski definition) is 4. The molecule has 3 aromatic rings. The summed E-state index contributed by atoms with van der Waals surface area (Å²) < 4.78 is 11.2. The van der Waals surface area contributed by atoms with Gasteiger partial charge in [0.05, 0.1) is 25.0 Å². The standard InChI is InChI=1S/C23H24N2O3/c1-4-27-20-13-11-17(14-21(20)28-5-2)15-24-25-23(26)22-16(3)10-12-18-8-6-7-9-19(18)22/h6-15H,4-5H2,1-3H3,(H,25,26)/b24-15-. The summed E-state index contributed by atoms with van der Waals surface area (Å²) in [6, 6.07) is 17.3. The van der Waals surface area contributed by atoms with Gasteiger partial charge in [-0.2, -0.15) is 5.10 Å². The van der Waals surface area contributed by atoms with Gasteiger partial charge < -0.3 is 9.47 Å². The van der Waals surface area contributed by atoms with Gasteiger partial charge in [-0.1, -0.05) is 36.4 Å². The Kier molecular flexibility index (Phi) is 6.27. The molecule has 144 valence electrons. The number of amides is 1. The molecule has 0 saturated heterocycles. The summed E-state index contributed by atoms with van der Waals surface area (Å²) in [6.45, 7) is 6.87. The third-order valence-corrected chi connectivity index (χ3v) is 4.31. The maximum Gasteiger partial charge on any atom is 0.272 e. The van der Waals surface area contributed by atoms with Gasteiger partial charge in [-0.3, -0.25) is 4.79 Å². The lowest BCUT2D eigenvalue weighted by atomic mass is 9.99. The van der Waals surface area contributed by atoms with Gasteiger partial charge in [0.2, 0.25) is 0 Å². The Balaban J connectivity index is 1.79. The lowest BCUT2D eigenvalue weighted by Gasteiger charge is -2.11. The van der Waals surface area contributed by atoms with Gasteiger partial charge in [0.1, 0.15) is 0 Å². The third-order valence-electron chi connectivity index (χ3n) is 4.31. The molecular weight excluding hydrogens is 352 g/mol. The van der Waals surface area contributed by atoms with Crippen LogP contribution in [-0.2, 0) is 0 Å². The van der Waals surface area contributed by atoms with Crippen LogP contribution in [-0.4, -0.2) is 25.3 Å². The number of rotatable bonds is 7. The van der Waals surface area contributed by atoms with E-state index in [1.165, 1.54) is 0 Å². The number of fused-ring (bicyclic) bond motifs is 1. The lowest BCUT2D eigenvalue weighted by molar-refractivity contribution is 0.0956. The van der Waals surface area contributed by atoms with E-state index in [0.717, 1.165) is 21.9 Å². The zero-order valence-electron chi connectivity index (χ0n) is 16.4. The smallest absolute Gasteiger partial charge is 0.272 e. The van der Waals surface area contributed by atoms with Gasteiger partial charge in [-0.15, -0.1) is 0 Å². The molecule has 0 atom stereocenters. The van der Waals surface area contributed by atoms with Crippen LogP contribution < -0.4 is 14.9 Å². The van der Waals surface area contributed by atoms with Gasteiger partial charge in [0.15, 0.2) is 11.5 Å². The van der Waals surface area contributed by atoms with Gasteiger partial charge >= 0.3 is 0 Å². The zero-order chi connectivity index (χ0) is 19.9. The van der Waals surface area contributed by atoms with E-state index in [0.29, 0.717) is 30.3 Å². The van der Waals surface area contributed by atoms with E-state index in [4.69, 9.17) is 9.47 Å². The molecule has 0 bridgehead atoms. The van der Waals surface area contributed by atoms with Gasteiger partial charge in [0, 0.05) is 0 Å². The van der Waals surface area contributed by atoms with E-state index in [-0.39, 0.29) is 5.91 Å². The minimum absolute atomic E-state index is 0.235. The molecule has 0 aliphatic heterocycles. The molecule has 0 heterocycles. The SMILES string of the molecule is CCOc1ccc(/C=N\NC(=O)c2c(C)ccc3ccccc23)cc1OCC. The van der Waals surface area contributed by atoms with Crippen molar-refractivity contribution >= 4 is 22.9 Å². The summed E-state index contributed by atoms with van der Waals surface area (Å²) in [7, 11) is 0. The maximum atomic E-state index is 12.7. The molecule has 0 aliphatic carbocycles. The van der Waals surface area contributed by atoms with Crippen molar-refractivity contribution in [2.75, 3.05) is 13.2 Å². The highest BCUT2D eigenvalue weighted by atomic mass is 16.5. The molecule has 0 aromatic heterocycles. The lowest BCUT2D eigenvalue weighted by Crippen LogP contribution is -2.19. The number of nitrogens with one attached hydrogen (secondary N) is 1. The fourth-order valence-electron chi connectivity index (χ4n) is 3.05. The highest BCUT2D eigenvalue weighted by molar-refractivity contribution is 6.08. The van der Waals surface area contributed by atoms with Crippen molar-refractivity contribution < 1.29 is 14.3 Å². The van der Waals surface area contributed by atoms with Crippen LogP contribution in [0.2, 0.25) is 0 Å². The average molecular weight is 376 g/mol. The Labute approximate surface area is 165 Å². The van der Waals surface area contributed by atoms with Crippen molar-refractivity contribution in [1.29, 1.82) is 0 Å². The van der Waals surface area contributed by atoms with E-state index in [1.807, 2.05) is 75.4 Å². The molecule has 3 rings (SSSR count). The second-order valence-corrected chi connectivity index (χ2v) is 6.25. The first kappa shape index (κ1) is 19.4. The molecule has 3 aromatic carbocycles. The minimum atomic E-state index is -0.235. The maximum absolute atomic E-state index is 12.7. The van der Waals surface area contributed by atoms with Crippen molar-refractivity contribution in [3.05, 3.63) is 71.3 Å². The van der Waals surface area contributed by atoms with Crippen molar-refractivity contribution in [3.8, 4) is 11.5 Å². The second-order valence-electron chi connectivity index (χ2n) is 6.25. The van der Waals surface area contributed by atoms with Crippen LogP contribution in [0.15, 0.2) is 59.7 Å². The summed E-state index contributed by atoms with van der Waals surface area (Å²) in [5, 5.41) is 6.06. The number of benzene rings is 3. The predicted octanol–water partition coefficient (Wildman–Crippen LogP) is 4.71. The third kappa shape index (κ3) is 4.31. The molecule has 0 aliphatic rings. The molecule has 5 heteroatoms. The number of hydrazone groups is 1. The summed E-state index contributed by atoms with van der Waals surface area (Å²) in [5.74, 6) is 1.11. The van der Waals surface area contributed by atoms with E-state index >= 15 is 0 Å². The van der Waals surface area contributed by atoms with Crippen molar-refractivity contribution in [2.24, 2.45) is 5.10 Å². The fraction of sp³-hybridized carbons (Fsp3) is 0.217. The number of carbonyl (C=O) groups is 1. The van der Waals surface area contributed by atoms with Crippen LogP contribution in [0.25, 0.3) is 10.8 Å². The molecule has 28 heavy (non-hydrogen) atoms. The molecule has 1 amide bonds. The first-order valence-corrected chi connectivity index (χ1v) is 9.35. The first-order valence-electron chi connectivity index (χ1n) is 9.35. The molecular formula is C23H24N2O3. The quantitative estimate of drug-likeness (QED) is 0.480. The number of nitrogens with zero attached hydrogens (tertiary/aromatic N) is 1. The van der Waals surface area contributed by atoms with Gasteiger partial charge in [0.25, 0.3) is 5.91 Å². The first-order chi connectivity index (χ1) is 13.6. The van der Waals surface area contributed by atoms with Gasteiger partial charge in [-0.05, 0) is 60.9 Å². The molecule has 1 N–H and O–H groups in total. The van der Waals surface area contributed by atoms with Crippen LogP contribution in [0, 0.1) is 6.92 Å². The largest absolute Gasteiger partial charge is 0.490 e.